The van der Waals surface area contributed by atoms with Gasteiger partial charge < -0.3 is 15.7 Å². The van der Waals surface area contributed by atoms with Crippen LogP contribution in [-0.4, -0.2) is 45.4 Å². The van der Waals surface area contributed by atoms with Gasteiger partial charge in [-0.3, -0.25) is 18.8 Å². The second-order valence-corrected chi connectivity index (χ2v) is 4.91. The van der Waals surface area contributed by atoms with E-state index in [9.17, 15) is 14.4 Å². The first-order valence-electron chi connectivity index (χ1n) is 6.29. The molecule has 3 N–H and O–H groups in total. The van der Waals surface area contributed by atoms with Gasteiger partial charge in [-0.15, -0.1) is 0 Å². The van der Waals surface area contributed by atoms with E-state index in [-0.39, 0.29) is 12.2 Å². The van der Waals surface area contributed by atoms with Crippen molar-refractivity contribution >= 4 is 35.0 Å². The van der Waals surface area contributed by atoms with E-state index in [4.69, 9.17) is 16.7 Å². The van der Waals surface area contributed by atoms with Crippen molar-refractivity contribution in [3.05, 3.63) is 34.7 Å². The third-order valence-electron chi connectivity index (χ3n) is 2.82. The lowest BCUT2D eigenvalue weighted by atomic mass is 10.3. The summed E-state index contributed by atoms with van der Waals surface area (Å²) in [5.41, 5.74) is 1.30. The molecule has 2 heterocycles. The summed E-state index contributed by atoms with van der Waals surface area (Å²) in [4.78, 5) is 38.1. The van der Waals surface area contributed by atoms with Gasteiger partial charge in [-0.2, -0.15) is 0 Å². The molecule has 0 aliphatic heterocycles. The van der Waals surface area contributed by atoms with Crippen LogP contribution in [0.1, 0.15) is 16.2 Å². The molecule has 2 rings (SSSR count). The van der Waals surface area contributed by atoms with Crippen molar-refractivity contribution in [2.45, 2.75) is 6.92 Å². The van der Waals surface area contributed by atoms with Crippen molar-refractivity contribution < 1.29 is 19.5 Å². The van der Waals surface area contributed by atoms with Crippen LogP contribution in [0.15, 0.2) is 18.3 Å². The van der Waals surface area contributed by atoms with E-state index in [2.05, 4.69) is 15.6 Å². The van der Waals surface area contributed by atoms with Crippen LogP contribution in [0.5, 0.6) is 0 Å². The highest BCUT2D eigenvalue weighted by Crippen LogP contribution is 2.16. The molecule has 9 heteroatoms. The Morgan fingerprint density at radius 1 is 1.32 bits per heavy atom. The van der Waals surface area contributed by atoms with E-state index in [1.54, 1.807) is 29.7 Å². The number of pyridine rings is 1. The number of carbonyl (C=O) groups is 3. The third-order valence-corrected chi connectivity index (χ3v) is 3.06. The van der Waals surface area contributed by atoms with Crippen LogP contribution < -0.4 is 10.6 Å². The Labute approximate surface area is 130 Å². The average molecular weight is 325 g/mol. The lowest BCUT2D eigenvalue weighted by Crippen LogP contribution is -2.39. The summed E-state index contributed by atoms with van der Waals surface area (Å²) < 4.78 is 1.56. The first-order valence-corrected chi connectivity index (χ1v) is 6.67. The van der Waals surface area contributed by atoms with Crippen molar-refractivity contribution in [2.75, 3.05) is 13.1 Å². The predicted molar refractivity (Wildman–Crippen MR) is 77.9 cm³/mol. The van der Waals surface area contributed by atoms with Gasteiger partial charge in [0.05, 0.1) is 12.2 Å². The number of amides is 2. The Balaban J connectivity index is 2.08. The van der Waals surface area contributed by atoms with Crippen molar-refractivity contribution in [2.24, 2.45) is 0 Å². The zero-order valence-electron chi connectivity index (χ0n) is 11.6. The first-order chi connectivity index (χ1) is 10.4. The summed E-state index contributed by atoms with van der Waals surface area (Å²) in [6, 6.07) is 3.23. The molecule has 0 aliphatic rings. The highest BCUT2D eigenvalue weighted by Gasteiger charge is 2.17. The summed E-state index contributed by atoms with van der Waals surface area (Å²) in [5.74, 6) is -2.24. The maximum atomic E-state index is 12.2. The van der Waals surface area contributed by atoms with Gasteiger partial charge in [-0.05, 0) is 13.0 Å². The Hall–Kier alpha value is -2.61. The fraction of sp³-hybridized carbons (Fsp3) is 0.231. The summed E-state index contributed by atoms with van der Waals surface area (Å²) in [5, 5.41) is 13.5. The minimum absolute atomic E-state index is 0.290. The number of hydrogen-bond acceptors (Lipinski definition) is 4. The number of rotatable bonds is 5. The number of nitrogens with one attached hydrogen (secondary N) is 2. The Morgan fingerprint density at radius 3 is 2.73 bits per heavy atom. The molecule has 8 nitrogen and oxygen atoms in total. The quantitative estimate of drug-likeness (QED) is 0.728. The fourth-order valence-corrected chi connectivity index (χ4v) is 2.05. The molecule has 0 atom stereocenters. The number of halogens is 1. The van der Waals surface area contributed by atoms with Gasteiger partial charge >= 0.3 is 5.97 Å². The van der Waals surface area contributed by atoms with E-state index in [0.717, 1.165) is 0 Å². The SMILES string of the molecule is Cc1nc2cc(Cl)ccn2c1C(=O)NCC(=O)NCC(=O)O. The smallest absolute Gasteiger partial charge is 0.322 e. The molecule has 2 amide bonds. The Bertz CT molecular complexity index is 756. The zero-order valence-corrected chi connectivity index (χ0v) is 12.3. The predicted octanol–water partition coefficient (Wildman–Crippen LogP) is 0.227. The topological polar surface area (TPSA) is 113 Å². The van der Waals surface area contributed by atoms with E-state index < -0.39 is 24.3 Å². The second kappa shape index (κ2) is 6.44. The van der Waals surface area contributed by atoms with Gasteiger partial charge in [0.2, 0.25) is 5.91 Å². The zero-order chi connectivity index (χ0) is 16.3. The number of carbonyl (C=O) groups excluding carboxylic acids is 2. The van der Waals surface area contributed by atoms with Gasteiger partial charge in [0, 0.05) is 17.3 Å². The van der Waals surface area contributed by atoms with Gasteiger partial charge in [-0.1, -0.05) is 11.6 Å². The van der Waals surface area contributed by atoms with Crippen LogP contribution in [0.2, 0.25) is 5.02 Å². The molecule has 2 aromatic rings. The molecule has 116 valence electrons. The Kier molecular flexibility index (Phi) is 4.62. The molecule has 0 unspecified atom stereocenters. The van der Waals surface area contributed by atoms with Crippen LogP contribution in [0.25, 0.3) is 5.65 Å². The monoisotopic (exact) mass is 324 g/mol. The normalized spacial score (nSPS) is 10.5. The van der Waals surface area contributed by atoms with Crippen LogP contribution in [0.3, 0.4) is 0 Å². The van der Waals surface area contributed by atoms with Gasteiger partial charge in [0.1, 0.15) is 17.9 Å². The lowest BCUT2D eigenvalue weighted by molar-refractivity contribution is -0.137. The molecule has 0 bridgehead atoms. The molecule has 2 aromatic heterocycles. The van der Waals surface area contributed by atoms with Gasteiger partial charge in [-0.25, -0.2) is 4.98 Å². The minimum atomic E-state index is -1.16. The number of aryl methyl sites for hydroxylation is 1. The largest absolute Gasteiger partial charge is 0.480 e. The number of carboxylic acids is 1. The number of aromatic nitrogens is 2. The number of hydrogen-bond donors (Lipinski definition) is 3. The van der Waals surface area contributed by atoms with E-state index in [1.807, 2.05) is 0 Å². The second-order valence-electron chi connectivity index (χ2n) is 4.47. The van der Waals surface area contributed by atoms with Crippen LogP contribution in [-0.2, 0) is 9.59 Å². The maximum Gasteiger partial charge on any atom is 0.322 e. The molecule has 0 aliphatic carbocycles. The van der Waals surface area contributed by atoms with Crippen LogP contribution >= 0.6 is 11.6 Å². The standard InChI is InChI=1S/C13H13ClN4O4/c1-7-12(18-3-2-8(14)4-9(18)17-7)13(22)16-5-10(19)15-6-11(20)21/h2-4H,5-6H2,1H3,(H,15,19)(H,16,22)(H,20,21). The molecule has 22 heavy (non-hydrogen) atoms. The van der Waals surface area contributed by atoms with Crippen molar-refractivity contribution in [3.8, 4) is 0 Å². The van der Waals surface area contributed by atoms with Gasteiger partial charge in [0.25, 0.3) is 5.91 Å². The molecular formula is C13H13ClN4O4. The molecule has 0 saturated carbocycles. The highest BCUT2D eigenvalue weighted by atomic mass is 35.5. The fourth-order valence-electron chi connectivity index (χ4n) is 1.89. The maximum absolute atomic E-state index is 12.2. The minimum Gasteiger partial charge on any atom is -0.480 e. The van der Waals surface area contributed by atoms with Crippen molar-refractivity contribution in [3.63, 3.8) is 0 Å². The Morgan fingerprint density at radius 2 is 2.05 bits per heavy atom. The summed E-state index contributed by atoms with van der Waals surface area (Å²) in [6.45, 7) is 0.842. The molecular weight excluding hydrogens is 312 g/mol. The highest BCUT2D eigenvalue weighted by molar-refractivity contribution is 6.30. The van der Waals surface area contributed by atoms with Crippen LogP contribution in [0.4, 0.5) is 0 Å². The number of imidazole rings is 1. The van der Waals surface area contributed by atoms with Crippen LogP contribution in [0, 0.1) is 6.92 Å². The van der Waals surface area contributed by atoms with Gasteiger partial charge in [0.15, 0.2) is 0 Å². The lowest BCUT2D eigenvalue weighted by Gasteiger charge is -2.06. The number of fused-ring (bicyclic) bond motifs is 1. The van der Waals surface area contributed by atoms with E-state index in [1.165, 1.54) is 0 Å². The molecule has 0 radical (unpaired) electrons. The molecule has 0 aromatic carbocycles. The summed E-state index contributed by atoms with van der Waals surface area (Å²) in [6.07, 6.45) is 1.61. The first kappa shape index (κ1) is 15.8. The number of aliphatic carboxylic acids is 1. The summed E-state index contributed by atoms with van der Waals surface area (Å²) >= 11 is 5.87. The average Bonchev–Trinajstić information content (AvgIpc) is 2.77. The van der Waals surface area contributed by atoms with E-state index >= 15 is 0 Å². The third kappa shape index (κ3) is 3.53. The van der Waals surface area contributed by atoms with E-state index in [0.29, 0.717) is 16.4 Å². The number of carboxylic acid groups (broad SMARTS) is 1. The van der Waals surface area contributed by atoms with Crippen molar-refractivity contribution in [1.29, 1.82) is 0 Å². The molecule has 0 saturated heterocycles. The van der Waals surface area contributed by atoms with Crippen molar-refractivity contribution in [1.82, 2.24) is 20.0 Å². The molecule has 0 spiro atoms. The number of nitrogens with zero attached hydrogens (tertiary/aromatic N) is 2. The summed E-state index contributed by atoms with van der Waals surface area (Å²) in [7, 11) is 0. The molecule has 0 fully saturated rings.